The van der Waals surface area contributed by atoms with Crippen molar-refractivity contribution in [2.24, 2.45) is 0 Å². The Morgan fingerprint density at radius 3 is 2.54 bits per heavy atom. The van der Waals surface area contributed by atoms with Crippen LogP contribution in [0.15, 0.2) is 0 Å². The number of aliphatic hydroxyl groups excluding tert-OH is 3. The van der Waals surface area contributed by atoms with Crippen molar-refractivity contribution >= 4 is 5.91 Å². The van der Waals surface area contributed by atoms with Crippen molar-refractivity contribution in [2.75, 3.05) is 6.61 Å². The minimum atomic E-state index is -1.39. The van der Waals surface area contributed by atoms with E-state index in [-0.39, 0.29) is 12.5 Å². The van der Waals surface area contributed by atoms with Crippen LogP contribution in [0.25, 0.3) is 0 Å². The first-order valence-corrected chi connectivity index (χ1v) is 3.95. The van der Waals surface area contributed by atoms with Crippen molar-refractivity contribution in [3.05, 3.63) is 0 Å². The number of amides is 1. The van der Waals surface area contributed by atoms with Crippen LogP contribution < -0.4 is 5.32 Å². The molecular weight excluding hydrogens is 178 g/mol. The van der Waals surface area contributed by atoms with E-state index in [0.29, 0.717) is 0 Å². The first-order valence-electron chi connectivity index (χ1n) is 3.95. The Morgan fingerprint density at radius 1 is 1.38 bits per heavy atom. The standard InChI is InChI=1S/C7H13NO5/c1-3(9)8-4-2-13-7(12)6(11)5(4)10/h4-7,10-12H,2H2,1H3,(H,8,9)/t4-,5+,6+,7-/m0/s1. The van der Waals surface area contributed by atoms with E-state index >= 15 is 0 Å². The summed E-state index contributed by atoms with van der Waals surface area (Å²) in [5.74, 6) is -0.323. The number of aliphatic hydroxyl groups is 3. The molecule has 1 saturated heterocycles. The minimum absolute atomic E-state index is 0.0149. The number of hydrogen-bond acceptors (Lipinski definition) is 5. The summed E-state index contributed by atoms with van der Waals surface area (Å²) in [6, 6.07) is -0.670. The van der Waals surface area contributed by atoms with Crippen molar-refractivity contribution < 1.29 is 24.9 Å². The van der Waals surface area contributed by atoms with Crippen molar-refractivity contribution in [3.8, 4) is 0 Å². The van der Waals surface area contributed by atoms with E-state index in [2.05, 4.69) is 5.32 Å². The molecule has 13 heavy (non-hydrogen) atoms. The molecule has 0 bridgehead atoms. The molecule has 0 aromatic carbocycles. The third-order valence-corrected chi connectivity index (χ3v) is 1.89. The molecule has 0 aromatic heterocycles. The molecule has 1 aliphatic rings. The summed E-state index contributed by atoms with van der Waals surface area (Å²) in [6.45, 7) is 1.28. The highest BCUT2D eigenvalue weighted by Gasteiger charge is 2.37. The number of hydrogen-bond donors (Lipinski definition) is 4. The van der Waals surface area contributed by atoms with Gasteiger partial charge in [-0.1, -0.05) is 0 Å². The number of ether oxygens (including phenoxy) is 1. The zero-order valence-electron chi connectivity index (χ0n) is 7.17. The molecule has 0 unspecified atom stereocenters. The zero-order chi connectivity index (χ0) is 10.0. The normalized spacial score (nSPS) is 40.0. The molecule has 6 heteroatoms. The largest absolute Gasteiger partial charge is 0.388 e. The number of nitrogens with one attached hydrogen (secondary N) is 1. The Bertz CT molecular complexity index is 197. The summed E-state index contributed by atoms with van der Waals surface area (Å²) < 4.78 is 4.70. The van der Waals surface area contributed by atoms with Gasteiger partial charge in [0.05, 0.1) is 12.6 Å². The quantitative estimate of drug-likeness (QED) is 0.369. The molecule has 1 amide bonds. The molecule has 0 aliphatic carbocycles. The van der Waals surface area contributed by atoms with E-state index in [1.54, 1.807) is 0 Å². The van der Waals surface area contributed by atoms with Gasteiger partial charge in [0.2, 0.25) is 5.91 Å². The molecule has 76 valence electrons. The van der Waals surface area contributed by atoms with Gasteiger partial charge in [-0.25, -0.2) is 0 Å². The summed E-state index contributed by atoms with van der Waals surface area (Å²) in [7, 11) is 0. The Labute approximate surface area is 75.1 Å². The molecule has 1 aliphatic heterocycles. The van der Waals surface area contributed by atoms with E-state index in [9.17, 15) is 9.90 Å². The third-order valence-electron chi connectivity index (χ3n) is 1.89. The lowest BCUT2D eigenvalue weighted by Gasteiger charge is -2.35. The van der Waals surface area contributed by atoms with Gasteiger partial charge in [-0.3, -0.25) is 4.79 Å². The van der Waals surface area contributed by atoms with Gasteiger partial charge >= 0.3 is 0 Å². The number of carbonyl (C=O) groups is 1. The van der Waals surface area contributed by atoms with Crippen molar-refractivity contribution in [1.29, 1.82) is 0 Å². The molecule has 0 aromatic rings. The second kappa shape index (κ2) is 4.01. The summed E-state index contributed by atoms with van der Waals surface area (Å²) >= 11 is 0. The fraction of sp³-hybridized carbons (Fsp3) is 0.857. The molecule has 1 rings (SSSR count). The number of carbonyl (C=O) groups excluding carboxylic acids is 1. The molecule has 1 heterocycles. The highest BCUT2D eigenvalue weighted by Crippen LogP contribution is 2.13. The van der Waals surface area contributed by atoms with Gasteiger partial charge in [0.1, 0.15) is 12.2 Å². The highest BCUT2D eigenvalue weighted by molar-refractivity contribution is 5.73. The van der Waals surface area contributed by atoms with Gasteiger partial charge in [-0.05, 0) is 0 Å². The van der Waals surface area contributed by atoms with Crippen LogP contribution in [-0.2, 0) is 9.53 Å². The first-order chi connectivity index (χ1) is 6.02. The maximum atomic E-state index is 10.6. The molecule has 4 N–H and O–H groups in total. The van der Waals surface area contributed by atoms with E-state index in [1.165, 1.54) is 6.92 Å². The monoisotopic (exact) mass is 191 g/mol. The maximum absolute atomic E-state index is 10.6. The van der Waals surface area contributed by atoms with Crippen LogP contribution in [0.3, 0.4) is 0 Å². The summed E-state index contributed by atoms with van der Waals surface area (Å²) in [5.41, 5.74) is 0. The van der Waals surface area contributed by atoms with Crippen LogP contribution in [0, 0.1) is 0 Å². The fourth-order valence-corrected chi connectivity index (χ4v) is 1.19. The fourth-order valence-electron chi connectivity index (χ4n) is 1.19. The second-order valence-corrected chi connectivity index (χ2v) is 3.01. The topological polar surface area (TPSA) is 99.0 Å². The average molecular weight is 191 g/mol. The maximum Gasteiger partial charge on any atom is 0.217 e. The molecule has 0 radical (unpaired) electrons. The van der Waals surface area contributed by atoms with Crippen LogP contribution in [-0.4, -0.2) is 52.4 Å². The smallest absolute Gasteiger partial charge is 0.217 e. The van der Waals surface area contributed by atoms with E-state index in [4.69, 9.17) is 14.9 Å². The van der Waals surface area contributed by atoms with Gasteiger partial charge in [0.15, 0.2) is 6.29 Å². The predicted molar refractivity (Wildman–Crippen MR) is 41.6 cm³/mol. The van der Waals surface area contributed by atoms with Crippen LogP contribution >= 0.6 is 0 Å². The van der Waals surface area contributed by atoms with Gasteiger partial charge in [-0.15, -0.1) is 0 Å². The lowest BCUT2D eigenvalue weighted by Crippen LogP contribution is -2.58. The van der Waals surface area contributed by atoms with Crippen molar-refractivity contribution in [3.63, 3.8) is 0 Å². The van der Waals surface area contributed by atoms with Crippen LogP contribution in [0.2, 0.25) is 0 Å². The second-order valence-electron chi connectivity index (χ2n) is 3.01. The summed E-state index contributed by atoms with van der Waals surface area (Å²) in [4.78, 5) is 10.6. The molecule has 1 fully saturated rings. The van der Waals surface area contributed by atoms with Crippen molar-refractivity contribution in [2.45, 2.75) is 31.5 Å². The lowest BCUT2D eigenvalue weighted by molar-refractivity contribution is -0.229. The molecule has 6 nitrogen and oxygen atoms in total. The van der Waals surface area contributed by atoms with Gasteiger partial charge < -0.3 is 25.4 Å². The molecule has 4 atom stereocenters. The predicted octanol–water partition coefficient (Wildman–Crippen LogP) is -2.44. The Balaban J connectivity index is 2.53. The Hall–Kier alpha value is -0.690. The van der Waals surface area contributed by atoms with E-state index in [1.807, 2.05) is 0 Å². The summed E-state index contributed by atoms with van der Waals surface area (Å²) in [5, 5.41) is 29.9. The zero-order valence-corrected chi connectivity index (χ0v) is 7.17. The Kier molecular flexibility index (Phi) is 3.21. The average Bonchev–Trinajstić information content (AvgIpc) is 2.06. The van der Waals surface area contributed by atoms with Gasteiger partial charge in [0, 0.05) is 6.92 Å². The van der Waals surface area contributed by atoms with E-state index < -0.39 is 24.5 Å². The van der Waals surface area contributed by atoms with Crippen LogP contribution in [0.4, 0.5) is 0 Å². The summed E-state index contributed by atoms with van der Waals surface area (Å²) in [6.07, 6.45) is -3.97. The molecule has 0 saturated carbocycles. The Morgan fingerprint density at radius 2 is 2.00 bits per heavy atom. The SMILES string of the molecule is CC(=O)N[C@H]1CO[C@H](O)[C@H](O)[C@@H]1O. The third kappa shape index (κ3) is 2.38. The molecular formula is C7H13NO5. The minimum Gasteiger partial charge on any atom is -0.388 e. The lowest BCUT2D eigenvalue weighted by atomic mass is 10.0. The van der Waals surface area contributed by atoms with E-state index in [0.717, 1.165) is 0 Å². The van der Waals surface area contributed by atoms with Crippen LogP contribution in [0.5, 0.6) is 0 Å². The first kappa shape index (κ1) is 10.4. The van der Waals surface area contributed by atoms with Crippen molar-refractivity contribution in [1.82, 2.24) is 5.32 Å². The van der Waals surface area contributed by atoms with Crippen LogP contribution in [0.1, 0.15) is 6.92 Å². The van der Waals surface area contributed by atoms with Gasteiger partial charge in [-0.2, -0.15) is 0 Å². The molecule has 0 spiro atoms. The number of rotatable bonds is 1. The van der Waals surface area contributed by atoms with Gasteiger partial charge in [0.25, 0.3) is 0 Å². The highest BCUT2D eigenvalue weighted by atomic mass is 16.6.